The fraction of sp³-hybridized carbons (Fsp3) is 0.538. The van der Waals surface area contributed by atoms with Gasteiger partial charge >= 0.3 is 0 Å². The molecule has 1 atom stereocenters. The Hall–Kier alpha value is -1.06. The van der Waals surface area contributed by atoms with Crippen molar-refractivity contribution in [3.63, 3.8) is 0 Å². The Morgan fingerprint density at radius 2 is 2.19 bits per heavy atom. The van der Waals surface area contributed by atoms with Crippen LogP contribution in [0.15, 0.2) is 18.2 Å². The first kappa shape index (κ1) is 10.1. The van der Waals surface area contributed by atoms with Crippen molar-refractivity contribution in [2.45, 2.75) is 12.6 Å². The summed E-state index contributed by atoms with van der Waals surface area (Å²) in [5, 5.41) is 0. The van der Waals surface area contributed by atoms with Crippen LogP contribution in [-0.2, 0) is 6.54 Å². The van der Waals surface area contributed by atoms with Crippen molar-refractivity contribution in [2.75, 3.05) is 33.8 Å². The van der Waals surface area contributed by atoms with E-state index in [-0.39, 0.29) is 0 Å². The van der Waals surface area contributed by atoms with Crippen LogP contribution in [0.3, 0.4) is 0 Å². The van der Waals surface area contributed by atoms with Gasteiger partial charge in [-0.1, -0.05) is 6.07 Å². The molecule has 2 aliphatic rings. The summed E-state index contributed by atoms with van der Waals surface area (Å²) >= 11 is 0. The van der Waals surface area contributed by atoms with Gasteiger partial charge in [0.1, 0.15) is 5.75 Å². The first-order chi connectivity index (χ1) is 7.78. The number of benzene rings is 1. The van der Waals surface area contributed by atoms with E-state index >= 15 is 0 Å². The molecule has 0 N–H and O–H groups in total. The van der Waals surface area contributed by atoms with Crippen molar-refractivity contribution < 1.29 is 4.74 Å². The van der Waals surface area contributed by atoms with E-state index < -0.39 is 0 Å². The number of ether oxygens (including phenoxy) is 1. The van der Waals surface area contributed by atoms with Crippen LogP contribution in [-0.4, -0.2) is 43.6 Å². The molecule has 1 aromatic rings. The van der Waals surface area contributed by atoms with E-state index in [1.165, 1.54) is 24.2 Å². The largest absolute Gasteiger partial charge is 0.497 e. The molecular formula is C13H18N2O. The fourth-order valence-electron chi connectivity index (χ4n) is 2.83. The van der Waals surface area contributed by atoms with E-state index in [2.05, 4.69) is 35.0 Å². The zero-order valence-electron chi connectivity index (χ0n) is 9.94. The second-order valence-electron chi connectivity index (χ2n) is 4.81. The summed E-state index contributed by atoms with van der Waals surface area (Å²) in [6, 6.07) is 7.10. The standard InChI is InChI=1S/C13H18N2O/c1-14-5-6-15-8-10-7-11(16-2)3-4-12(10)13(15)9-14/h3-4,7,13H,5-6,8-9H2,1-2H3. The maximum Gasteiger partial charge on any atom is 0.119 e. The summed E-state index contributed by atoms with van der Waals surface area (Å²) in [6.07, 6.45) is 0. The highest BCUT2D eigenvalue weighted by Crippen LogP contribution is 2.37. The smallest absolute Gasteiger partial charge is 0.119 e. The maximum atomic E-state index is 5.29. The average molecular weight is 218 g/mol. The van der Waals surface area contributed by atoms with Gasteiger partial charge in [0, 0.05) is 32.2 Å². The Morgan fingerprint density at radius 3 is 3.00 bits per heavy atom. The van der Waals surface area contributed by atoms with Crippen LogP contribution in [0.1, 0.15) is 17.2 Å². The van der Waals surface area contributed by atoms with Gasteiger partial charge in [-0.15, -0.1) is 0 Å². The lowest BCUT2D eigenvalue weighted by Gasteiger charge is -2.35. The second kappa shape index (κ2) is 3.75. The average Bonchev–Trinajstić information content (AvgIpc) is 2.66. The highest BCUT2D eigenvalue weighted by Gasteiger charge is 2.33. The summed E-state index contributed by atoms with van der Waals surface area (Å²) in [7, 11) is 3.94. The molecule has 0 aromatic heterocycles. The molecule has 2 heterocycles. The predicted molar refractivity (Wildman–Crippen MR) is 63.6 cm³/mol. The van der Waals surface area contributed by atoms with Gasteiger partial charge in [0.15, 0.2) is 0 Å². The topological polar surface area (TPSA) is 15.7 Å². The summed E-state index contributed by atoms with van der Waals surface area (Å²) in [5.41, 5.74) is 2.94. The Bertz CT molecular complexity index is 405. The van der Waals surface area contributed by atoms with E-state index in [4.69, 9.17) is 4.74 Å². The first-order valence-electron chi connectivity index (χ1n) is 5.87. The predicted octanol–water partition coefficient (Wildman–Crippen LogP) is 1.50. The molecule has 16 heavy (non-hydrogen) atoms. The molecule has 3 heteroatoms. The minimum atomic E-state index is 0.597. The lowest BCUT2D eigenvalue weighted by atomic mass is 10.0. The number of likely N-dealkylation sites (N-methyl/N-ethyl adjacent to an activating group) is 1. The molecule has 2 aliphatic heterocycles. The van der Waals surface area contributed by atoms with E-state index in [1.807, 2.05) is 0 Å². The van der Waals surface area contributed by atoms with Gasteiger partial charge in [0.2, 0.25) is 0 Å². The second-order valence-corrected chi connectivity index (χ2v) is 4.81. The lowest BCUT2D eigenvalue weighted by molar-refractivity contribution is 0.101. The molecule has 1 aromatic carbocycles. The van der Waals surface area contributed by atoms with Crippen LogP contribution in [0.4, 0.5) is 0 Å². The van der Waals surface area contributed by atoms with Crippen molar-refractivity contribution >= 4 is 0 Å². The summed E-state index contributed by atoms with van der Waals surface area (Å²) in [5.74, 6) is 0.979. The van der Waals surface area contributed by atoms with Gasteiger partial charge in [-0.05, 0) is 30.3 Å². The van der Waals surface area contributed by atoms with E-state index in [1.54, 1.807) is 7.11 Å². The first-order valence-corrected chi connectivity index (χ1v) is 5.87. The summed E-state index contributed by atoms with van der Waals surface area (Å²) in [6.45, 7) is 4.60. The number of rotatable bonds is 1. The molecule has 0 saturated carbocycles. The molecule has 0 bridgehead atoms. The van der Waals surface area contributed by atoms with Crippen molar-refractivity contribution in [2.24, 2.45) is 0 Å². The highest BCUT2D eigenvalue weighted by atomic mass is 16.5. The Kier molecular flexibility index (Phi) is 2.37. The monoisotopic (exact) mass is 218 g/mol. The summed E-state index contributed by atoms with van der Waals surface area (Å²) < 4.78 is 5.29. The van der Waals surface area contributed by atoms with Crippen LogP contribution in [0.5, 0.6) is 5.75 Å². The minimum Gasteiger partial charge on any atom is -0.497 e. The highest BCUT2D eigenvalue weighted by molar-refractivity contribution is 5.40. The number of methoxy groups -OCH3 is 1. The van der Waals surface area contributed by atoms with Crippen LogP contribution >= 0.6 is 0 Å². The third kappa shape index (κ3) is 1.51. The zero-order valence-corrected chi connectivity index (χ0v) is 9.94. The van der Waals surface area contributed by atoms with E-state index in [0.717, 1.165) is 18.8 Å². The normalized spacial score (nSPS) is 25.2. The van der Waals surface area contributed by atoms with Crippen LogP contribution in [0, 0.1) is 0 Å². The van der Waals surface area contributed by atoms with Crippen molar-refractivity contribution in [3.05, 3.63) is 29.3 Å². The van der Waals surface area contributed by atoms with Gasteiger partial charge in [0.25, 0.3) is 0 Å². The molecule has 1 saturated heterocycles. The van der Waals surface area contributed by atoms with Crippen molar-refractivity contribution in [3.8, 4) is 5.75 Å². The van der Waals surface area contributed by atoms with Crippen molar-refractivity contribution in [1.29, 1.82) is 0 Å². The van der Waals surface area contributed by atoms with Gasteiger partial charge in [-0.3, -0.25) is 4.90 Å². The van der Waals surface area contributed by atoms with Crippen LogP contribution in [0.2, 0.25) is 0 Å². The molecule has 0 amide bonds. The number of hydrogen-bond acceptors (Lipinski definition) is 3. The van der Waals surface area contributed by atoms with Crippen LogP contribution in [0.25, 0.3) is 0 Å². The van der Waals surface area contributed by atoms with E-state index in [0.29, 0.717) is 6.04 Å². The number of fused-ring (bicyclic) bond motifs is 3. The number of nitrogens with zero attached hydrogens (tertiary/aromatic N) is 2. The molecular weight excluding hydrogens is 200 g/mol. The minimum absolute atomic E-state index is 0.597. The number of hydrogen-bond donors (Lipinski definition) is 0. The Labute approximate surface area is 96.6 Å². The molecule has 0 spiro atoms. The summed E-state index contributed by atoms with van der Waals surface area (Å²) in [4.78, 5) is 4.99. The van der Waals surface area contributed by atoms with Gasteiger partial charge in [0.05, 0.1) is 7.11 Å². The van der Waals surface area contributed by atoms with E-state index in [9.17, 15) is 0 Å². The maximum absolute atomic E-state index is 5.29. The van der Waals surface area contributed by atoms with Gasteiger partial charge < -0.3 is 9.64 Å². The van der Waals surface area contributed by atoms with Crippen molar-refractivity contribution in [1.82, 2.24) is 9.80 Å². The van der Waals surface area contributed by atoms with Crippen LogP contribution < -0.4 is 4.74 Å². The third-order valence-corrected chi connectivity index (χ3v) is 3.78. The van der Waals surface area contributed by atoms with Gasteiger partial charge in [-0.2, -0.15) is 0 Å². The molecule has 3 nitrogen and oxygen atoms in total. The lowest BCUT2D eigenvalue weighted by Crippen LogP contribution is -2.43. The zero-order chi connectivity index (χ0) is 11.1. The Morgan fingerprint density at radius 1 is 1.31 bits per heavy atom. The fourth-order valence-corrected chi connectivity index (χ4v) is 2.83. The Balaban J connectivity index is 1.94. The van der Waals surface area contributed by atoms with Gasteiger partial charge in [-0.25, -0.2) is 0 Å². The molecule has 0 aliphatic carbocycles. The molecule has 1 fully saturated rings. The molecule has 1 unspecified atom stereocenters. The molecule has 0 radical (unpaired) electrons. The molecule has 3 rings (SSSR count). The molecule has 86 valence electrons. The quantitative estimate of drug-likeness (QED) is 0.710. The SMILES string of the molecule is COc1ccc2c(c1)CN1CCN(C)CC21. The third-order valence-electron chi connectivity index (χ3n) is 3.78. The number of piperazine rings is 1.